The summed E-state index contributed by atoms with van der Waals surface area (Å²) in [7, 11) is -9.07. The summed E-state index contributed by atoms with van der Waals surface area (Å²) in [5, 5.41) is 0. The quantitative estimate of drug-likeness (QED) is 0.331. The van der Waals surface area contributed by atoms with Gasteiger partial charge in [-0.1, -0.05) is 24.3 Å². The number of hydrogen-bond donors (Lipinski definition) is 0. The molecular formula is C12H8F12P2. The van der Waals surface area contributed by atoms with Gasteiger partial charge in [-0.15, -0.1) is 0 Å². The molecule has 0 saturated heterocycles. The third kappa shape index (κ3) is 6.76. The van der Waals surface area contributed by atoms with Crippen LogP contribution in [0.2, 0.25) is 0 Å². The highest BCUT2D eigenvalue weighted by atomic mass is 31.1. The molecule has 0 aliphatic rings. The van der Waals surface area contributed by atoms with E-state index in [9.17, 15) is 52.7 Å². The number of benzene rings is 1. The average Bonchev–Trinajstić information content (AvgIpc) is 2.37. The van der Waals surface area contributed by atoms with E-state index < -0.39 is 63.0 Å². The fourth-order valence-electron chi connectivity index (χ4n) is 1.84. The van der Waals surface area contributed by atoms with Crippen LogP contribution < -0.4 is 0 Å². The molecule has 14 heteroatoms. The van der Waals surface area contributed by atoms with E-state index in [2.05, 4.69) is 0 Å². The zero-order valence-electron chi connectivity index (χ0n) is 12.2. The summed E-state index contributed by atoms with van der Waals surface area (Å²) < 4.78 is 150. The van der Waals surface area contributed by atoms with Gasteiger partial charge in [0.1, 0.15) is 15.8 Å². The van der Waals surface area contributed by atoms with Gasteiger partial charge in [0.15, 0.2) is 0 Å². The number of hydrogen-bond acceptors (Lipinski definition) is 0. The van der Waals surface area contributed by atoms with Crippen LogP contribution in [0.4, 0.5) is 52.7 Å². The molecule has 0 saturated carbocycles. The van der Waals surface area contributed by atoms with Gasteiger partial charge in [-0.25, -0.2) is 0 Å². The Hall–Kier alpha value is -0.760. The Kier molecular flexibility index (Phi) is 6.89. The van der Waals surface area contributed by atoms with Gasteiger partial charge >= 0.3 is 23.7 Å². The predicted molar refractivity (Wildman–Crippen MR) is 71.9 cm³/mol. The second-order valence-corrected chi connectivity index (χ2v) is 9.24. The Morgan fingerprint density at radius 1 is 0.538 bits per heavy atom. The maximum atomic E-state index is 12.5. The Labute approximate surface area is 141 Å². The normalized spacial score (nSPS) is 14.4. The molecule has 0 nitrogen and oxygen atoms in total. The highest BCUT2D eigenvalue weighted by molar-refractivity contribution is 7.59. The molecule has 0 spiro atoms. The van der Waals surface area contributed by atoms with E-state index in [-0.39, 0.29) is 0 Å². The zero-order chi connectivity index (χ0) is 20.6. The largest absolute Gasteiger partial charge is 0.414 e. The van der Waals surface area contributed by atoms with E-state index >= 15 is 0 Å². The molecule has 0 radical (unpaired) electrons. The molecule has 0 heterocycles. The summed E-state index contributed by atoms with van der Waals surface area (Å²) in [5.74, 6) is -22.4. The molecule has 0 fully saturated rings. The number of alkyl halides is 12. The summed E-state index contributed by atoms with van der Waals surface area (Å²) in [6.45, 7) is 0. The van der Waals surface area contributed by atoms with Crippen molar-refractivity contribution >= 4 is 15.8 Å². The highest BCUT2D eigenvalue weighted by Gasteiger charge is 2.57. The van der Waals surface area contributed by atoms with Crippen molar-refractivity contribution in [2.75, 3.05) is 0 Å². The Balaban J connectivity index is 3.11. The average molecular weight is 442 g/mol. The lowest BCUT2D eigenvalue weighted by Crippen LogP contribution is -2.20. The molecule has 1 aromatic rings. The van der Waals surface area contributed by atoms with Gasteiger partial charge in [0.2, 0.25) is 0 Å². The summed E-state index contributed by atoms with van der Waals surface area (Å²) in [6.07, 6.45) is -3.15. The van der Waals surface area contributed by atoms with Crippen LogP contribution in [0.25, 0.3) is 0 Å². The SMILES string of the molecule is FC(F)(F)P(Cc1cccc(CP(C(F)(F)F)C(F)(F)F)c1)C(F)(F)F. The first-order valence-electron chi connectivity index (χ1n) is 6.32. The molecule has 0 aromatic heterocycles. The zero-order valence-corrected chi connectivity index (χ0v) is 13.9. The van der Waals surface area contributed by atoms with Crippen LogP contribution in [0, 0.1) is 0 Å². The Bertz CT molecular complexity index is 521. The fourth-order valence-corrected chi connectivity index (χ4v) is 4.25. The van der Waals surface area contributed by atoms with Crippen molar-refractivity contribution < 1.29 is 52.7 Å². The van der Waals surface area contributed by atoms with Crippen molar-refractivity contribution in [2.45, 2.75) is 36.0 Å². The van der Waals surface area contributed by atoms with Crippen LogP contribution in [0.15, 0.2) is 24.3 Å². The lowest BCUT2D eigenvalue weighted by molar-refractivity contribution is -0.0852. The Morgan fingerprint density at radius 2 is 0.808 bits per heavy atom. The van der Waals surface area contributed by atoms with Crippen LogP contribution in [0.3, 0.4) is 0 Å². The third-order valence-corrected chi connectivity index (χ3v) is 6.71. The molecule has 0 amide bonds. The van der Waals surface area contributed by atoms with Crippen molar-refractivity contribution in [1.82, 2.24) is 0 Å². The smallest absolute Gasteiger partial charge is 0.167 e. The van der Waals surface area contributed by atoms with Crippen molar-refractivity contribution in [3.8, 4) is 0 Å². The Morgan fingerprint density at radius 3 is 1.04 bits per heavy atom. The maximum Gasteiger partial charge on any atom is 0.414 e. The van der Waals surface area contributed by atoms with Crippen LogP contribution in [-0.2, 0) is 12.3 Å². The minimum Gasteiger partial charge on any atom is -0.167 e. The van der Waals surface area contributed by atoms with Gasteiger partial charge < -0.3 is 0 Å². The van der Waals surface area contributed by atoms with Crippen molar-refractivity contribution in [3.05, 3.63) is 35.4 Å². The molecule has 1 rings (SSSR count). The van der Waals surface area contributed by atoms with E-state index in [1.54, 1.807) is 0 Å². The van der Waals surface area contributed by atoms with Crippen LogP contribution >= 0.6 is 15.8 Å². The van der Waals surface area contributed by atoms with Gasteiger partial charge in [-0.2, -0.15) is 52.7 Å². The lowest BCUT2D eigenvalue weighted by Gasteiger charge is -2.24. The first-order chi connectivity index (χ1) is 11.4. The number of rotatable bonds is 4. The first kappa shape index (κ1) is 23.3. The summed E-state index contributed by atoms with van der Waals surface area (Å²) in [5.41, 5.74) is -1.27. The van der Waals surface area contributed by atoms with Crippen LogP contribution in [-0.4, -0.2) is 23.7 Å². The molecule has 26 heavy (non-hydrogen) atoms. The third-order valence-electron chi connectivity index (χ3n) is 2.90. The molecule has 0 aliphatic carbocycles. The van der Waals surface area contributed by atoms with Crippen molar-refractivity contribution in [2.24, 2.45) is 0 Å². The molecule has 0 bridgehead atoms. The van der Waals surface area contributed by atoms with Gasteiger partial charge in [0.05, 0.1) is 0 Å². The van der Waals surface area contributed by atoms with Gasteiger partial charge in [0, 0.05) is 12.3 Å². The van der Waals surface area contributed by atoms with Crippen molar-refractivity contribution in [1.29, 1.82) is 0 Å². The molecule has 0 N–H and O–H groups in total. The molecule has 0 aliphatic heterocycles. The van der Waals surface area contributed by atoms with E-state index in [0.29, 0.717) is 6.07 Å². The van der Waals surface area contributed by atoms with E-state index in [4.69, 9.17) is 0 Å². The topological polar surface area (TPSA) is 0 Å². The second kappa shape index (κ2) is 7.70. The molecular weight excluding hydrogens is 434 g/mol. The minimum absolute atomic E-state index is 0.514. The molecule has 0 unspecified atom stereocenters. The highest BCUT2D eigenvalue weighted by Crippen LogP contribution is 2.67. The fraction of sp³-hybridized carbons (Fsp3) is 0.500. The second-order valence-electron chi connectivity index (χ2n) is 4.86. The molecule has 150 valence electrons. The maximum absolute atomic E-state index is 12.5. The number of halogens is 12. The lowest BCUT2D eigenvalue weighted by atomic mass is 10.2. The minimum atomic E-state index is -5.60. The van der Waals surface area contributed by atoms with Crippen LogP contribution in [0.5, 0.6) is 0 Å². The predicted octanol–water partition coefficient (Wildman–Crippen LogP) is 7.73. The van der Waals surface area contributed by atoms with E-state index in [0.717, 1.165) is 18.2 Å². The van der Waals surface area contributed by atoms with Gasteiger partial charge in [0.25, 0.3) is 0 Å². The van der Waals surface area contributed by atoms with Gasteiger partial charge in [-0.05, 0) is 11.1 Å². The van der Waals surface area contributed by atoms with Crippen molar-refractivity contribution in [3.63, 3.8) is 0 Å². The first-order valence-corrected chi connectivity index (χ1v) is 9.38. The standard InChI is InChI=1S/C12H8F12P2/c13-9(14,15)25(10(16,17)18)5-7-2-1-3-8(4-7)6-26(11(19,20)21)12(22,23)24/h1-4H,5-6H2. The van der Waals surface area contributed by atoms with Gasteiger partial charge in [-0.3, -0.25) is 0 Å². The van der Waals surface area contributed by atoms with E-state index in [1.807, 2.05) is 0 Å². The van der Waals surface area contributed by atoms with Crippen LogP contribution in [0.1, 0.15) is 11.1 Å². The summed E-state index contributed by atoms with van der Waals surface area (Å²) in [4.78, 5) is 0. The summed E-state index contributed by atoms with van der Waals surface area (Å²) >= 11 is 0. The monoisotopic (exact) mass is 442 g/mol. The molecule has 1 aromatic carbocycles. The summed E-state index contributed by atoms with van der Waals surface area (Å²) in [6, 6.07) is 2.92. The van der Waals surface area contributed by atoms with E-state index in [1.165, 1.54) is 0 Å². The molecule has 0 atom stereocenters.